The number of benzene rings is 2. The van der Waals surface area contributed by atoms with Gasteiger partial charge in [0.1, 0.15) is 12.1 Å². The van der Waals surface area contributed by atoms with Gasteiger partial charge in [0.2, 0.25) is 5.91 Å². The van der Waals surface area contributed by atoms with E-state index in [0.29, 0.717) is 24.1 Å². The minimum Gasteiger partial charge on any atom is -0.319 e. The average Bonchev–Trinajstić information content (AvgIpc) is 3.26. The highest BCUT2D eigenvalue weighted by Gasteiger charge is 2.52. The molecule has 2 aliphatic heterocycles. The monoisotopic (exact) mass is 469 g/mol. The number of nitrogens with one attached hydrogen (secondary N) is 1. The van der Waals surface area contributed by atoms with Crippen LogP contribution in [0.4, 0.5) is 10.5 Å². The zero-order valence-electron chi connectivity index (χ0n) is 18.7. The molecular weight excluding hydrogens is 442 g/mol. The van der Waals surface area contributed by atoms with Crippen LogP contribution in [0, 0.1) is 6.92 Å². The SMILES string of the molecule is CC[C@@]1(c2ccc(C)cc2)NC(=O)N(CC(=O)N(c2ccccc2)[C@@H]2CCS(=O)(=O)C2)C1=O. The van der Waals surface area contributed by atoms with Crippen LogP contribution in [0.15, 0.2) is 54.6 Å². The van der Waals surface area contributed by atoms with Gasteiger partial charge in [-0.2, -0.15) is 0 Å². The maximum atomic E-state index is 13.4. The molecule has 2 fully saturated rings. The minimum absolute atomic E-state index is 0.00375. The third kappa shape index (κ3) is 4.25. The third-order valence-electron chi connectivity index (χ3n) is 6.42. The minimum atomic E-state index is -3.25. The summed E-state index contributed by atoms with van der Waals surface area (Å²) in [6.45, 7) is 3.27. The average molecular weight is 470 g/mol. The fraction of sp³-hybridized carbons (Fsp3) is 0.375. The van der Waals surface area contributed by atoms with Crippen molar-refractivity contribution in [1.29, 1.82) is 0 Å². The number of amides is 4. The third-order valence-corrected chi connectivity index (χ3v) is 8.17. The summed E-state index contributed by atoms with van der Waals surface area (Å²) >= 11 is 0. The summed E-state index contributed by atoms with van der Waals surface area (Å²) in [6, 6.07) is 14.9. The number of hydrogen-bond acceptors (Lipinski definition) is 5. The summed E-state index contributed by atoms with van der Waals surface area (Å²) in [6.07, 6.45) is 0.639. The van der Waals surface area contributed by atoms with Crippen LogP contribution in [-0.2, 0) is 25.0 Å². The van der Waals surface area contributed by atoms with Gasteiger partial charge in [-0.1, -0.05) is 55.0 Å². The second-order valence-corrected chi connectivity index (χ2v) is 10.8. The van der Waals surface area contributed by atoms with Crippen molar-refractivity contribution in [2.24, 2.45) is 0 Å². The smallest absolute Gasteiger partial charge is 0.319 e. The Morgan fingerprint density at radius 3 is 2.36 bits per heavy atom. The summed E-state index contributed by atoms with van der Waals surface area (Å²) < 4.78 is 24.2. The number of sulfone groups is 1. The van der Waals surface area contributed by atoms with Gasteiger partial charge in [-0.15, -0.1) is 0 Å². The van der Waals surface area contributed by atoms with Crippen LogP contribution < -0.4 is 10.2 Å². The Morgan fingerprint density at radius 1 is 1.12 bits per heavy atom. The highest BCUT2D eigenvalue weighted by atomic mass is 32.2. The fourth-order valence-corrected chi connectivity index (χ4v) is 6.28. The summed E-state index contributed by atoms with van der Waals surface area (Å²) in [4.78, 5) is 42.1. The van der Waals surface area contributed by atoms with E-state index in [-0.39, 0.29) is 11.5 Å². The number of hydrogen-bond donors (Lipinski definition) is 1. The Bertz CT molecular complexity index is 1180. The summed E-state index contributed by atoms with van der Waals surface area (Å²) in [5.74, 6) is -1.12. The normalized spacial score (nSPS) is 24.1. The Kier molecular flexibility index (Phi) is 6.00. The first-order chi connectivity index (χ1) is 15.7. The maximum absolute atomic E-state index is 13.4. The quantitative estimate of drug-likeness (QED) is 0.654. The number of para-hydroxylation sites is 1. The molecule has 0 aliphatic carbocycles. The molecule has 2 aromatic rings. The lowest BCUT2D eigenvalue weighted by atomic mass is 9.86. The topological polar surface area (TPSA) is 104 Å². The van der Waals surface area contributed by atoms with Crippen molar-refractivity contribution in [2.45, 2.75) is 38.3 Å². The first-order valence-corrected chi connectivity index (χ1v) is 12.8. The summed E-state index contributed by atoms with van der Waals surface area (Å²) in [5.41, 5.74) is 0.987. The van der Waals surface area contributed by atoms with Crippen LogP contribution in [0.1, 0.15) is 30.9 Å². The highest BCUT2D eigenvalue weighted by Crippen LogP contribution is 2.33. The number of carbonyl (C=O) groups is 3. The summed E-state index contributed by atoms with van der Waals surface area (Å²) in [5, 5.41) is 2.79. The molecule has 2 saturated heterocycles. The molecule has 0 spiro atoms. The zero-order chi connectivity index (χ0) is 23.8. The molecule has 0 radical (unpaired) electrons. The van der Waals surface area contributed by atoms with Crippen LogP contribution in [0.3, 0.4) is 0 Å². The van der Waals surface area contributed by atoms with Crippen molar-refractivity contribution in [3.05, 3.63) is 65.7 Å². The van der Waals surface area contributed by atoms with Gasteiger partial charge in [-0.25, -0.2) is 13.2 Å². The van der Waals surface area contributed by atoms with E-state index < -0.39 is 45.8 Å². The lowest BCUT2D eigenvalue weighted by Gasteiger charge is -2.30. The van der Waals surface area contributed by atoms with Gasteiger partial charge >= 0.3 is 6.03 Å². The number of carbonyl (C=O) groups excluding carboxylic acids is 3. The van der Waals surface area contributed by atoms with E-state index in [1.54, 1.807) is 30.3 Å². The molecule has 2 atom stereocenters. The number of imide groups is 1. The number of aryl methyl sites for hydroxylation is 1. The number of nitrogens with zero attached hydrogens (tertiary/aromatic N) is 2. The van der Waals surface area contributed by atoms with Crippen molar-refractivity contribution in [2.75, 3.05) is 23.0 Å². The van der Waals surface area contributed by atoms with Crippen LogP contribution >= 0.6 is 0 Å². The number of rotatable bonds is 6. The van der Waals surface area contributed by atoms with Gasteiger partial charge < -0.3 is 10.2 Å². The molecule has 33 heavy (non-hydrogen) atoms. The van der Waals surface area contributed by atoms with Crippen molar-refractivity contribution in [3.8, 4) is 0 Å². The molecule has 0 aromatic heterocycles. The lowest BCUT2D eigenvalue weighted by Crippen LogP contribution is -2.49. The van der Waals surface area contributed by atoms with Gasteiger partial charge in [0.15, 0.2) is 9.84 Å². The Balaban J connectivity index is 1.62. The number of anilines is 1. The molecule has 0 saturated carbocycles. The van der Waals surface area contributed by atoms with E-state index in [1.165, 1.54) is 4.90 Å². The van der Waals surface area contributed by atoms with E-state index in [2.05, 4.69) is 5.32 Å². The molecular formula is C24H27N3O5S. The summed E-state index contributed by atoms with van der Waals surface area (Å²) in [7, 11) is -3.25. The Hall–Kier alpha value is -3.20. The predicted molar refractivity (Wildman–Crippen MR) is 124 cm³/mol. The number of urea groups is 1. The predicted octanol–water partition coefficient (Wildman–Crippen LogP) is 2.37. The molecule has 2 aliphatic rings. The second kappa shape index (κ2) is 8.62. The fourth-order valence-electron chi connectivity index (χ4n) is 4.58. The van der Waals surface area contributed by atoms with E-state index in [0.717, 1.165) is 10.5 Å². The molecule has 2 aromatic carbocycles. The van der Waals surface area contributed by atoms with Gasteiger partial charge in [0.25, 0.3) is 5.91 Å². The molecule has 1 N–H and O–H groups in total. The molecule has 8 nitrogen and oxygen atoms in total. The first kappa shape index (κ1) is 23.0. The molecule has 4 rings (SSSR count). The van der Waals surface area contributed by atoms with Crippen LogP contribution in [0.25, 0.3) is 0 Å². The van der Waals surface area contributed by atoms with Crippen molar-refractivity contribution in [1.82, 2.24) is 10.2 Å². The lowest BCUT2D eigenvalue weighted by molar-refractivity contribution is -0.134. The van der Waals surface area contributed by atoms with E-state index in [1.807, 2.05) is 38.1 Å². The molecule has 174 valence electrons. The molecule has 4 amide bonds. The largest absolute Gasteiger partial charge is 0.325 e. The van der Waals surface area contributed by atoms with Crippen molar-refractivity contribution >= 4 is 33.4 Å². The van der Waals surface area contributed by atoms with Gasteiger partial charge in [-0.3, -0.25) is 14.5 Å². The molecule has 9 heteroatoms. The van der Waals surface area contributed by atoms with E-state index >= 15 is 0 Å². The van der Waals surface area contributed by atoms with Crippen LogP contribution in [-0.4, -0.2) is 55.3 Å². The van der Waals surface area contributed by atoms with E-state index in [4.69, 9.17) is 0 Å². The van der Waals surface area contributed by atoms with Gasteiger partial charge in [-0.05, 0) is 37.5 Å². The standard InChI is InChI=1S/C24H27N3O5S/c1-3-24(18-11-9-17(2)10-12-18)22(29)26(23(30)25-24)15-21(28)27(19-7-5-4-6-8-19)20-13-14-33(31,32)16-20/h4-12,20H,3,13-16H2,1-2H3,(H,25,30)/t20-,24+/m1/s1. The Morgan fingerprint density at radius 2 is 1.79 bits per heavy atom. The molecule has 0 unspecified atom stereocenters. The highest BCUT2D eigenvalue weighted by molar-refractivity contribution is 7.91. The van der Waals surface area contributed by atoms with Crippen LogP contribution in [0.2, 0.25) is 0 Å². The van der Waals surface area contributed by atoms with E-state index in [9.17, 15) is 22.8 Å². The van der Waals surface area contributed by atoms with Crippen molar-refractivity contribution < 1.29 is 22.8 Å². The maximum Gasteiger partial charge on any atom is 0.325 e. The molecule has 2 heterocycles. The van der Waals surface area contributed by atoms with Gasteiger partial charge in [0, 0.05) is 5.69 Å². The van der Waals surface area contributed by atoms with Gasteiger partial charge in [0.05, 0.1) is 17.5 Å². The second-order valence-electron chi connectivity index (χ2n) is 8.60. The Labute approximate surface area is 193 Å². The van der Waals surface area contributed by atoms with Crippen molar-refractivity contribution in [3.63, 3.8) is 0 Å². The first-order valence-electron chi connectivity index (χ1n) is 11.0. The zero-order valence-corrected chi connectivity index (χ0v) is 19.5. The molecule has 0 bridgehead atoms. The van der Waals surface area contributed by atoms with Crippen LogP contribution in [0.5, 0.6) is 0 Å².